The molecule has 0 radical (unpaired) electrons. The molecule has 7 heteroatoms. The molecule has 0 aromatic carbocycles. The maximum Gasteiger partial charge on any atom is 0.306 e. The average Bonchev–Trinajstić information content (AvgIpc) is 2.86. The highest BCUT2D eigenvalue weighted by Gasteiger charge is 2.14. The normalized spacial score (nSPS) is 12.1. The fourth-order valence-corrected chi connectivity index (χ4v) is 1.59. The molecule has 0 aliphatic heterocycles. The standard InChI is InChI=1S/C12H19N3O4/c1-2-19-10(7-12(17)18)8-14-11(16)3-5-15-6-4-13-9-15/h4,6,9-10H,2-3,5,7-8H2,1H3,(H,14,16)(H,17,18). The van der Waals surface area contributed by atoms with Gasteiger partial charge in [0, 0.05) is 38.5 Å². The van der Waals surface area contributed by atoms with Gasteiger partial charge in [-0.3, -0.25) is 9.59 Å². The summed E-state index contributed by atoms with van der Waals surface area (Å²) in [6, 6.07) is 0. The third-order valence-corrected chi connectivity index (χ3v) is 2.49. The Morgan fingerprint density at radius 2 is 2.32 bits per heavy atom. The second-order valence-corrected chi connectivity index (χ2v) is 4.03. The summed E-state index contributed by atoms with van der Waals surface area (Å²) in [5.74, 6) is -1.07. The molecule has 1 atom stereocenters. The van der Waals surface area contributed by atoms with E-state index in [1.807, 2.05) is 0 Å². The Labute approximate surface area is 111 Å². The maximum atomic E-state index is 11.6. The zero-order valence-corrected chi connectivity index (χ0v) is 10.9. The predicted molar refractivity (Wildman–Crippen MR) is 67.5 cm³/mol. The number of aryl methyl sites for hydroxylation is 1. The van der Waals surface area contributed by atoms with E-state index in [2.05, 4.69) is 10.3 Å². The molecule has 0 spiro atoms. The lowest BCUT2D eigenvalue weighted by molar-refractivity contribution is -0.140. The lowest BCUT2D eigenvalue weighted by Gasteiger charge is -2.15. The molecule has 2 N–H and O–H groups in total. The molecule has 106 valence electrons. The number of hydrogen-bond donors (Lipinski definition) is 2. The summed E-state index contributed by atoms with van der Waals surface area (Å²) in [5.41, 5.74) is 0. The number of amides is 1. The van der Waals surface area contributed by atoms with Gasteiger partial charge >= 0.3 is 5.97 Å². The first-order valence-electron chi connectivity index (χ1n) is 6.17. The first kappa shape index (κ1) is 15.2. The number of carbonyl (C=O) groups is 2. The van der Waals surface area contributed by atoms with Gasteiger partial charge in [-0.05, 0) is 6.92 Å². The number of aliphatic carboxylic acids is 1. The van der Waals surface area contributed by atoms with Crippen LogP contribution in [-0.2, 0) is 20.9 Å². The van der Waals surface area contributed by atoms with E-state index in [9.17, 15) is 9.59 Å². The molecule has 1 heterocycles. The molecule has 1 amide bonds. The first-order chi connectivity index (χ1) is 9.11. The Morgan fingerprint density at radius 1 is 1.53 bits per heavy atom. The van der Waals surface area contributed by atoms with E-state index in [1.165, 1.54) is 0 Å². The molecule has 0 fully saturated rings. The molecule has 0 aliphatic rings. The van der Waals surface area contributed by atoms with Gasteiger partial charge in [-0.15, -0.1) is 0 Å². The van der Waals surface area contributed by atoms with Crippen LogP contribution in [0.5, 0.6) is 0 Å². The van der Waals surface area contributed by atoms with E-state index in [4.69, 9.17) is 9.84 Å². The SMILES string of the molecule is CCOC(CNC(=O)CCn1ccnc1)CC(=O)O. The van der Waals surface area contributed by atoms with Gasteiger partial charge < -0.3 is 19.7 Å². The summed E-state index contributed by atoms with van der Waals surface area (Å²) in [7, 11) is 0. The smallest absolute Gasteiger partial charge is 0.306 e. The van der Waals surface area contributed by atoms with E-state index in [0.29, 0.717) is 19.6 Å². The van der Waals surface area contributed by atoms with Crippen molar-refractivity contribution in [1.82, 2.24) is 14.9 Å². The minimum Gasteiger partial charge on any atom is -0.481 e. The van der Waals surface area contributed by atoms with E-state index in [-0.39, 0.29) is 18.9 Å². The molecule has 0 aliphatic carbocycles. The Kier molecular flexibility index (Phi) is 6.59. The number of imidazole rings is 1. The molecule has 1 unspecified atom stereocenters. The van der Waals surface area contributed by atoms with Crippen molar-refractivity contribution in [3.05, 3.63) is 18.7 Å². The quantitative estimate of drug-likeness (QED) is 0.671. The van der Waals surface area contributed by atoms with E-state index in [0.717, 1.165) is 0 Å². The second-order valence-electron chi connectivity index (χ2n) is 4.03. The highest BCUT2D eigenvalue weighted by Crippen LogP contribution is 1.98. The van der Waals surface area contributed by atoms with Crippen LogP contribution in [-0.4, -0.2) is 45.8 Å². The van der Waals surface area contributed by atoms with Crippen LogP contribution >= 0.6 is 0 Å². The van der Waals surface area contributed by atoms with Gasteiger partial charge in [-0.2, -0.15) is 0 Å². The number of hydrogen-bond acceptors (Lipinski definition) is 4. The average molecular weight is 269 g/mol. The van der Waals surface area contributed by atoms with Crippen molar-refractivity contribution in [2.24, 2.45) is 0 Å². The molecule has 7 nitrogen and oxygen atoms in total. The van der Waals surface area contributed by atoms with Crippen LogP contribution in [0, 0.1) is 0 Å². The summed E-state index contributed by atoms with van der Waals surface area (Å²) < 4.78 is 7.05. The molecular weight excluding hydrogens is 250 g/mol. The topological polar surface area (TPSA) is 93.5 Å². The largest absolute Gasteiger partial charge is 0.481 e. The van der Waals surface area contributed by atoms with Crippen LogP contribution in [0.1, 0.15) is 19.8 Å². The number of ether oxygens (including phenoxy) is 1. The molecular formula is C12H19N3O4. The molecule has 1 aromatic rings. The highest BCUT2D eigenvalue weighted by atomic mass is 16.5. The number of nitrogens with one attached hydrogen (secondary N) is 1. The second kappa shape index (κ2) is 8.25. The molecule has 0 saturated heterocycles. The van der Waals surface area contributed by atoms with Crippen LogP contribution in [0.25, 0.3) is 0 Å². The summed E-state index contributed by atoms with van der Waals surface area (Å²) in [5, 5.41) is 11.4. The van der Waals surface area contributed by atoms with Crippen molar-refractivity contribution in [2.45, 2.75) is 32.4 Å². The minimum atomic E-state index is -0.939. The zero-order chi connectivity index (χ0) is 14.1. The summed E-state index contributed by atoms with van der Waals surface area (Å²) in [4.78, 5) is 26.1. The minimum absolute atomic E-state index is 0.115. The third-order valence-electron chi connectivity index (χ3n) is 2.49. The zero-order valence-electron chi connectivity index (χ0n) is 10.9. The summed E-state index contributed by atoms with van der Waals surface area (Å²) >= 11 is 0. The number of nitrogens with zero attached hydrogens (tertiary/aromatic N) is 2. The Balaban J connectivity index is 2.24. The van der Waals surface area contributed by atoms with Gasteiger partial charge in [-0.25, -0.2) is 4.98 Å². The van der Waals surface area contributed by atoms with Crippen LogP contribution in [0.2, 0.25) is 0 Å². The van der Waals surface area contributed by atoms with Gasteiger partial charge in [0.1, 0.15) is 0 Å². The van der Waals surface area contributed by atoms with Gasteiger partial charge in [0.15, 0.2) is 0 Å². The molecule has 0 saturated carbocycles. The molecule has 0 bridgehead atoms. The van der Waals surface area contributed by atoms with Crippen molar-refractivity contribution in [2.75, 3.05) is 13.2 Å². The number of carboxylic acids is 1. The van der Waals surface area contributed by atoms with E-state index in [1.54, 1.807) is 30.2 Å². The number of rotatable bonds is 9. The number of carbonyl (C=O) groups excluding carboxylic acids is 1. The summed E-state index contributed by atoms with van der Waals surface area (Å²) in [6.45, 7) is 2.96. The first-order valence-corrected chi connectivity index (χ1v) is 6.17. The van der Waals surface area contributed by atoms with Crippen LogP contribution < -0.4 is 5.32 Å². The van der Waals surface area contributed by atoms with Gasteiger partial charge in [0.25, 0.3) is 0 Å². The monoisotopic (exact) mass is 269 g/mol. The van der Waals surface area contributed by atoms with Crippen LogP contribution in [0.15, 0.2) is 18.7 Å². The molecule has 1 aromatic heterocycles. The van der Waals surface area contributed by atoms with Crippen molar-refractivity contribution in [3.8, 4) is 0 Å². The molecule has 19 heavy (non-hydrogen) atoms. The lowest BCUT2D eigenvalue weighted by atomic mass is 10.2. The van der Waals surface area contributed by atoms with Crippen LogP contribution in [0.4, 0.5) is 0 Å². The predicted octanol–water partition coefficient (Wildman–Crippen LogP) is 0.269. The third kappa shape index (κ3) is 6.56. The van der Waals surface area contributed by atoms with Crippen molar-refractivity contribution in [1.29, 1.82) is 0 Å². The number of carboxylic acid groups (broad SMARTS) is 1. The van der Waals surface area contributed by atoms with Gasteiger partial charge in [0.05, 0.1) is 18.9 Å². The fraction of sp³-hybridized carbons (Fsp3) is 0.583. The van der Waals surface area contributed by atoms with Crippen molar-refractivity contribution >= 4 is 11.9 Å². The van der Waals surface area contributed by atoms with Crippen molar-refractivity contribution in [3.63, 3.8) is 0 Å². The summed E-state index contributed by atoms with van der Waals surface area (Å²) in [6.07, 6.45) is 4.79. The number of aromatic nitrogens is 2. The van der Waals surface area contributed by atoms with E-state index < -0.39 is 12.1 Å². The lowest BCUT2D eigenvalue weighted by Crippen LogP contribution is -2.35. The van der Waals surface area contributed by atoms with Crippen LogP contribution in [0.3, 0.4) is 0 Å². The molecule has 1 rings (SSSR count). The van der Waals surface area contributed by atoms with Crippen molar-refractivity contribution < 1.29 is 19.4 Å². The maximum absolute atomic E-state index is 11.6. The van der Waals surface area contributed by atoms with Gasteiger partial charge in [-0.1, -0.05) is 0 Å². The van der Waals surface area contributed by atoms with Gasteiger partial charge in [0.2, 0.25) is 5.91 Å². The Hall–Kier alpha value is -1.89. The Morgan fingerprint density at radius 3 is 2.89 bits per heavy atom. The van der Waals surface area contributed by atoms with E-state index >= 15 is 0 Å². The highest BCUT2D eigenvalue weighted by molar-refractivity contribution is 5.76. The fourth-order valence-electron chi connectivity index (χ4n) is 1.59. The Bertz CT molecular complexity index is 392.